The van der Waals surface area contributed by atoms with Gasteiger partial charge in [-0.05, 0) is 25.0 Å². The van der Waals surface area contributed by atoms with E-state index in [0.29, 0.717) is 23.0 Å². The summed E-state index contributed by atoms with van der Waals surface area (Å²) in [5, 5.41) is 12.4. The number of nitrogens with zero attached hydrogens (tertiary/aromatic N) is 3. The van der Waals surface area contributed by atoms with Crippen LogP contribution < -0.4 is 11.1 Å². The summed E-state index contributed by atoms with van der Waals surface area (Å²) >= 11 is 0. The molecule has 1 aromatic carbocycles. The molecule has 0 spiro atoms. The number of hydrogen-bond donors (Lipinski definition) is 2. The van der Waals surface area contributed by atoms with Gasteiger partial charge in [-0.3, -0.25) is 0 Å². The maximum Gasteiger partial charge on any atom is 0.136 e. The van der Waals surface area contributed by atoms with E-state index in [1.165, 1.54) is 0 Å². The zero-order valence-corrected chi connectivity index (χ0v) is 11.6. The largest absolute Gasteiger partial charge is 0.384 e. The lowest BCUT2D eigenvalue weighted by atomic mass is 10.1. The fourth-order valence-electron chi connectivity index (χ4n) is 1.98. The van der Waals surface area contributed by atoms with Crippen molar-refractivity contribution in [3.63, 3.8) is 0 Å². The normalized spacial score (nSPS) is 10.1. The summed E-state index contributed by atoms with van der Waals surface area (Å²) < 4.78 is 0. The van der Waals surface area contributed by atoms with Crippen molar-refractivity contribution < 1.29 is 0 Å². The molecular weight excluding hydrogens is 250 g/mol. The Morgan fingerprint density at radius 1 is 1.35 bits per heavy atom. The lowest BCUT2D eigenvalue weighted by molar-refractivity contribution is 0.839. The fourth-order valence-corrected chi connectivity index (χ4v) is 1.98. The molecular formula is C15H17N5. The molecule has 0 bridgehead atoms. The minimum absolute atomic E-state index is 0.428. The summed E-state index contributed by atoms with van der Waals surface area (Å²) in [6.45, 7) is 3.97. The standard InChI is InChI=1S/C15H17N5/c1-3-5-14-19-13(17)8-15(20-14)18-12-7-4-6-10(2)11(12)9-16/h4,6-8H,3,5H2,1-2H3,(H3,17,18,19,20). The lowest BCUT2D eigenvalue weighted by Crippen LogP contribution is -2.04. The van der Waals surface area contributed by atoms with Crippen molar-refractivity contribution in [3.05, 3.63) is 41.2 Å². The molecule has 2 rings (SSSR count). The third-order valence-corrected chi connectivity index (χ3v) is 2.91. The van der Waals surface area contributed by atoms with Crippen LogP contribution in [0.2, 0.25) is 0 Å². The van der Waals surface area contributed by atoms with E-state index in [1.54, 1.807) is 6.07 Å². The van der Waals surface area contributed by atoms with E-state index in [1.807, 2.05) is 25.1 Å². The van der Waals surface area contributed by atoms with Crippen LogP contribution in [0.4, 0.5) is 17.3 Å². The Bertz CT molecular complexity index is 658. The summed E-state index contributed by atoms with van der Waals surface area (Å²) in [6, 6.07) is 9.52. The van der Waals surface area contributed by atoms with Gasteiger partial charge in [-0.15, -0.1) is 0 Å². The Labute approximate surface area is 118 Å². The Kier molecular flexibility index (Phi) is 4.16. The second kappa shape index (κ2) is 6.02. The molecule has 0 unspecified atom stereocenters. The van der Waals surface area contributed by atoms with Gasteiger partial charge in [-0.1, -0.05) is 19.1 Å². The molecule has 2 aromatic rings. The Morgan fingerprint density at radius 3 is 2.85 bits per heavy atom. The first-order valence-electron chi connectivity index (χ1n) is 6.54. The molecule has 0 saturated heterocycles. The van der Waals surface area contributed by atoms with Crippen LogP contribution >= 0.6 is 0 Å². The van der Waals surface area contributed by atoms with E-state index in [9.17, 15) is 5.26 Å². The van der Waals surface area contributed by atoms with Crippen molar-refractivity contribution in [1.29, 1.82) is 5.26 Å². The number of nitriles is 1. The molecule has 0 amide bonds. The van der Waals surface area contributed by atoms with Crippen LogP contribution in [-0.4, -0.2) is 9.97 Å². The van der Waals surface area contributed by atoms with Gasteiger partial charge in [0.05, 0.1) is 11.3 Å². The van der Waals surface area contributed by atoms with Gasteiger partial charge in [0, 0.05) is 12.5 Å². The second-order valence-electron chi connectivity index (χ2n) is 4.58. The lowest BCUT2D eigenvalue weighted by Gasteiger charge is -2.10. The third kappa shape index (κ3) is 3.04. The first kappa shape index (κ1) is 13.8. The van der Waals surface area contributed by atoms with Crippen molar-refractivity contribution >= 4 is 17.3 Å². The number of benzene rings is 1. The molecule has 5 heteroatoms. The zero-order chi connectivity index (χ0) is 14.5. The Morgan fingerprint density at radius 2 is 2.15 bits per heavy atom. The van der Waals surface area contributed by atoms with Gasteiger partial charge in [-0.25, -0.2) is 9.97 Å². The van der Waals surface area contributed by atoms with Gasteiger partial charge in [0.25, 0.3) is 0 Å². The molecule has 20 heavy (non-hydrogen) atoms. The molecule has 0 aliphatic carbocycles. The Balaban J connectivity index is 2.35. The minimum atomic E-state index is 0.428. The molecule has 0 aliphatic heterocycles. The van der Waals surface area contributed by atoms with Crippen molar-refractivity contribution in [3.8, 4) is 6.07 Å². The van der Waals surface area contributed by atoms with Crippen molar-refractivity contribution in [1.82, 2.24) is 9.97 Å². The van der Waals surface area contributed by atoms with Crippen LogP contribution in [0.5, 0.6) is 0 Å². The molecule has 5 nitrogen and oxygen atoms in total. The van der Waals surface area contributed by atoms with Crippen LogP contribution in [-0.2, 0) is 6.42 Å². The molecule has 1 aromatic heterocycles. The van der Waals surface area contributed by atoms with Gasteiger partial charge in [0.1, 0.15) is 23.5 Å². The quantitative estimate of drug-likeness (QED) is 0.889. The number of nitrogens with two attached hydrogens (primary N) is 1. The number of aromatic nitrogens is 2. The predicted octanol–water partition coefficient (Wildman–Crippen LogP) is 2.94. The molecule has 0 radical (unpaired) electrons. The van der Waals surface area contributed by atoms with Gasteiger partial charge < -0.3 is 11.1 Å². The summed E-state index contributed by atoms with van der Waals surface area (Å²) in [6.07, 6.45) is 1.73. The molecule has 0 aliphatic rings. The number of anilines is 3. The van der Waals surface area contributed by atoms with Crippen LogP contribution in [0.25, 0.3) is 0 Å². The summed E-state index contributed by atoms with van der Waals surface area (Å²) in [4.78, 5) is 8.60. The second-order valence-corrected chi connectivity index (χ2v) is 4.58. The fraction of sp³-hybridized carbons (Fsp3) is 0.267. The highest BCUT2D eigenvalue weighted by Gasteiger charge is 2.07. The van der Waals surface area contributed by atoms with Crippen molar-refractivity contribution in [2.45, 2.75) is 26.7 Å². The molecule has 0 fully saturated rings. The molecule has 0 atom stereocenters. The first-order chi connectivity index (χ1) is 9.63. The van der Waals surface area contributed by atoms with E-state index >= 15 is 0 Å². The molecule has 0 saturated carbocycles. The zero-order valence-electron chi connectivity index (χ0n) is 11.6. The maximum absolute atomic E-state index is 9.22. The first-order valence-corrected chi connectivity index (χ1v) is 6.54. The number of aryl methyl sites for hydroxylation is 2. The predicted molar refractivity (Wildman–Crippen MR) is 79.6 cm³/mol. The number of rotatable bonds is 4. The summed E-state index contributed by atoms with van der Waals surface area (Å²) in [5.41, 5.74) is 8.05. The SMILES string of the molecule is CCCc1nc(N)cc(Nc2cccc(C)c2C#N)n1. The molecule has 1 heterocycles. The Hall–Kier alpha value is -2.61. The van der Waals surface area contributed by atoms with E-state index < -0.39 is 0 Å². The highest BCUT2D eigenvalue weighted by molar-refractivity contribution is 5.67. The number of nitrogen functional groups attached to an aromatic ring is 1. The highest BCUT2D eigenvalue weighted by atomic mass is 15.1. The van der Waals surface area contributed by atoms with E-state index in [4.69, 9.17) is 5.73 Å². The van der Waals surface area contributed by atoms with Crippen LogP contribution in [0.3, 0.4) is 0 Å². The monoisotopic (exact) mass is 267 g/mol. The van der Waals surface area contributed by atoms with Gasteiger partial charge in [0.15, 0.2) is 0 Å². The van der Waals surface area contributed by atoms with Crippen LogP contribution in [0, 0.1) is 18.3 Å². The van der Waals surface area contributed by atoms with Gasteiger partial charge >= 0.3 is 0 Å². The summed E-state index contributed by atoms with van der Waals surface area (Å²) in [5.74, 6) is 1.75. The van der Waals surface area contributed by atoms with Gasteiger partial charge in [-0.2, -0.15) is 5.26 Å². The maximum atomic E-state index is 9.22. The molecule has 3 N–H and O–H groups in total. The van der Waals surface area contributed by atoms with Crippen LogP contribution in [0.15, 0.2) is 24.3 Å². The van der Waals surface area contributed by atoms with Crippen molar-refractivity contribution in [2.24, 2.45) is 0 Å². The van der Waals surface area contributed by atoms with E-state index in [2.05, 4.69) is 28.3 Å². The molecule has 102 valence electrons. The minimum Gasteiger partial charge on any atom is -0.384 e. The van der Waals surface area contributed by atoms with E-state index in [-0.39, 0.29) is 0 Å². The average molecular weight is 267 g/mol. The van der Waals surface area contributed by atoms with Crippen molar-refractivity contribution in [2.75, 3.05) is 11.1 Å². The smallest absolute Gasteiger partial charge is 0.136 e. The third-order valence-electron chi connectivity index (χ3n) is 2.91. The summed E-state index contributed by atoms with van der Waals surface area (Å²) in [7, 11) is 0. The topological polar surface area (TPSA) is 87.6 Å². The highest BCUT2D eigenvalue weighted by Crippen LogP contribution is 2.22. The number of nitrogens with one attached hydrogen (secondary N) is 1. The van der Waals surface area contributed by atoms with Crippen LogP contribution in [0.1, 0.15) is 30.3 Å². The average Bonchev–Trinajstić information content (AvgIpc) is 2.38. The number of hydrogen-bond acceptors (Lipinski definition) is 5. The van der Waals surface area contributed by atoms with E-state index in [0.717, 1.165) is 24.1 Å². The van der Waals surface area contributed by atoms with Gasteiger partial charge in [0.2, 0.25) is 0 Å².